The third-order valence-electron chi connectivity index (χ3n) is 3.76. The minimum absolute atomic E-state index is 0.563. The standard InChI is InChI=1S/C16H25NOS/c1-4-17-14(16-6-5-9-19-16)11-13-10-12(2)7-8-15(13)18-3/h7-8,10,14,16-17H,4-6,9,11H2,1-3H3. The summed E-state index contributed by atoms with van der Waals surface area (Å²) in [6.45, 7) is 5.38. The van der Waals surface area contributed by atoms with Gasteiger partial charge < -0.3 is 10.1 Å². The van der Waals surface area contributed by atoms with Crippen LogP contribution in [-0.2, 0) is 6.42 Å². The van der Waals surface area contributed by atoms with Gasteiger partial charge >= 0.3 is 0 Å². The van der Waals surface area contributed by atoms with E-state index in [4.69, 9.17) is 4.74 Å². The number of rotatable bonds is 6. The van der Waals surface area contributed by atoms with Crippen LogP contribution in [0.2, 0.25) is 0 Å². The van der Waals surface area contributed by atoms with Crippen molar-refractivity contribution in [3.63, 3.8) is 0 Å². The second-order valence-electron chi connectivity index (χ2n) is 5.24. The van der Waals surface area contributed by atoms with Gasteiger partial charge in [-0.15, -0.1) is 0 Å². The molecule has 2 atom stereocenters. The number of methoxy groups -OCH3 is 1. The van der Waals surface area contributed by atoms with Gasteiger partial charge in [-0.3, -0.25) is 0 Å². The second kappa shape index (κ2) is 7.20. The van der Waals surface area contributed by atoms with Crippen LogP contribution >= 0.6 is 11.8 Å². The van der Waals surface area contributed by atoms with Gasteiger partial charge in [0.2, 0.25) is 0 Å². The van der Waals surface area contributed by atoms with Gasteiger partial charge in [0.1, 0.15) is 5.75 Å². The van der Waals surface area contributed by atoms with E-state index in [-0.39, 0.29) is 0 Å². The van der Waals surface area contributed by atoms with Crippen molar-refractivity contribution in [2.24, 2.45) is 0 Å². The molecule has 1 aromatic rings. The highest BCUT2D eigenvalue weighted by atomic mass is 32.2. The van der Waals surface area contributed by atoms with Crippen molar-refractivity contribution in [3.8, 4) is 5.75 Å². The topological polar surface area (TPSA) is 21.3 Å². The molecular weight excluding hydrogens is 254 g/mol. The fraction of sp³-hybridized carbons (Fsp3) is 0.625. The molecule has 1 saturated heterocycles. The van der Waals surface area contributed by atoms with E-state index in [1.54, 1.807) is 7.11 Å². The molecule has 2 rings (SSSR count). The number of thioether (sulfide) groups is 1. The molecule has 0 aliphatic carbocycles. The van der Waals surface area contributed by atoms with E-state index in [1.807, 2.05) is 0 Å². The van der Waals surface area contributed by atoms with Crippen molar-refractivity contribution in [2.45, 2.75) is 44.4 Å². The zero-order valence-electron chi connectivity index (χ0n) is 12.2. The van der Waals surface area contributed by atoms with Gasteiger partial charge in [-0.25, -0.2) is 0 Å². The summed E-state index contributed by atoms with van der Waals surface area (Å²) < 4.78 is 5.51. The van der Waals surface area contributed by atoms with Crippen LogP contribution in [0.3, 0.4) is 0 Å². The Morgan fingerprint density at radius 3 is 2.95 bits per heavy atom. The molecule has 1 aliphatic rings. The molecule has 19 heavy (non-hydrogen) atoms. The van der Waals surface area contributed by atoms with Crippen molar-refractivity contribution in [1.29, 1.82) is 0 Å². The number of nitrogens with one attached hydrogen (secondary N) is 1. The minimum Gasteiger partial charge on any atom is -0.496 e. The molecule has 3 heteroatoms. The molecule has 1 aliphatic heterocycles. The zero-order chi connectivity index (χ0) is 13.7. The van der Waals surface area contributed by atoms with Gasteiger partial charge in [-0.1, -0.05) is 24.6 Å². The zero-order valence-corrected chi connectivity index (χ0v) is 13.1. The Morgan fingerprint density at radius 1 is 1.47 bits per heavy atom. The highest BCUT2D eigenvalue weighted by Crippen LogP contribution is 2.31. The van der Waals surface area contributed by atoms with Crippen molar-refractivity contribution >= 4 is 11.8 Å². The van der Waals surface area contributed by atoms with Crippen LogP contribution in [0.4, 0.5) is 0 Å². The van der Waals surface area contributed by atoms with Crippen molar-refractivity contribution in [3.05, 3.63) is 29.3 Å². The van der Waals surface area contributed by atoms with Crippen molar-refractivity contribution in [2.75, 3.05) is 19.4 Å². The lowest BCUT2D eigenvalue weighted by atomic mass is 9.98. The largest absolute Gasteiger partial charge is 0.496 e. The van der Waals surface area contributed by atoms with Crippen LogP contribution in [0.25, 0.3) is 0 Å². The van der Waals surface area contributed by atoms with Crippen molar-refractivity contribution < 1.29 is 4.74 Å². The predicted octanol–water partition coefficient (Wildman–Crippen LogP) is 3.42. The van der Waals surface area contributed by atoms with Gasteiger partial charge in [0.25, 0.3) is 0 Å². The molecule has 0 radical (unpaired) electrons. The molecular formula is C16H25NOS. The highest BCUT2D eigenvalue weighted by Gasteiger charge is 2.25. The van der Waals surface area contributed by atoms with E-state index in [0.29, 0.717) is 6.04 Å². The van der Waals surface area contributed by atoms with E-state index >= 15 is 0 Å². The summed E-state index contributed by atoms with van der Waals surface area (Å²) in [5.41, 5.74) is 2.64. The number of benzene rings is 1. The number of likely N-dealkylation sites (N-methyl/N-ethyl adjacent to an activating group) is 1. The van der Waals surface area contributed by atoms with Gasteiger partial charge in [0, 0.05) is 11.3 Å². The Labute approximate surface area is 121 Å². The molecule has 0 amide bonds. The molecule has 0 aromatic heterocycles. The Bertz CT molecular complexity index is 402. The number of ether oxygens (including phenoxy) is 1. The van der Waals surface area contributed by atoms with E-state index in [0.717, 1.165) is 24.0 Å². The maximum Gasteiger partial charge on any atom is 0.122 e. The molecule has 2 unspecified atom stereocenters. The monoisotopic (exact) mass is 279 g/mol. The summed E-state index contributed by atoms with van der Waals surface area (Å²) >= 11 is 2.12. The fourth-order valence-corrected chi connectivity index (χ4v) is 4.22. The molecule has 1 aromatic carbocycles. The summed E-state index contributed by atoms with van der Waals surface area (Å²) in [6, 6.07) is 7.04. The van der Waals surface area contributed by atoms with Gasteiger partial charge in [0.15, 0.2) is 0 Å². The fourth-order valence-electron chi connectivity index (χ4n) is 2.82. The molecule has 1 N–H and O–H groups in total. The molecule has 0 bridgehead atoms. The Kier molecular flexibility index (Phi) is 5.59. The summed E-state index contributed by atoms with van der Waals surface area (Å²) in [7, 11) is 1.76. The first-order chi connectivity index (χ1) is 9.24. The second-order valence-corrected chi connectivity index (χ2v) is 6.58. The molecule has 106 valence electrons. The third-order valence-corrected chi connectivity index (χ3v) is 5.27. The Hall–Kier alpha value is -0.670. The first kappa shape index (κ1) is 14.7. The number of hydrogen-bond donors (Lipinski definition) is 1. The highest BCUT2D eigenvalue weighted by molar-refractivity contribution is 8.00. The summed E-state index contributed by atoms with van der Waals surface area (Å²) in [5.74, 6) is 2.34. The summed E-state index contributed by atoms with van der Waals surface area (Å²) in [5, 5.41) is 4.42. The normalized spacial score (nSPS) is 20.5. The van der Waals surface area contributed by atoms with Crippen LogP contribution in [0.5, 0.6) is 5.75 Å². The van der Waals surface area contributed by atoms with Gasteiger partial charge in [-0.05, 0) is 50.1 Å². The number of aryl methyl sites for hydroxylation is 1. The smallest absolute Gasteiger partial charge is 0.122 e. The van der Waals surface area contributed by atoms with Gasteiger partial charge in [-0.2, -0.15) is 11.8 Å². The Morgan fingerprint density at radius 2 is 2.32 bits per heavy atom. The maximum absolute atomic E-state index is 5.51. The van der Waals surface area contributed by atoms with E-state index in [2.05, 4.69) is 49.1 Å². The minimum atomic E-state index is 0.563. The molecule has 0 spiro atoms. The lowest BCUT2D eigenvalue weighted by Crippen LogP contribution is -2.39. The van der Waals surface area contributed by atoms with Gasteiger partial charge in [0.05, 0.1) is 7.11 Å². The first-order valence-corrected chi connectivity index (χ1v) is 8.28. The van der Waals surface area contributed by atoms with Crippen molar-refractivity contribution in [1.82, 2.24) is 5.32 Å². The Balaban J connectivity index is 2.13. The predicted molar refractivity (Wildman–Crippen MR) is 84.4 cm³/mol. The average molecular weight is 279 g/mol. The van der Waals surface area contributed by atoms with Crippen LogP contribution in [0.1, 0.15) is 30.9 Å². The van der Waals surface area contributed by atoms with E-state index in [1.165, 1.54) is 29.7 Å². The van der Waals surface area contributed by atoms with Crippen LogP contribution in [0.15, 0.2) is 18.2 Å². The summed E-state index contributed by atoms with van der Waals surface area (Å²) in [6.07, 6.45) is 3.77. The first-order valence-electron chi connectivity index (χ1n) is 7.23. The molecule has 1 heterocycles. The molecule has 1 fully saturated rings. The quantitative estimate of drug-likeness (QED) is 0.862. The SMILES string of the molecule is CCNC(Cc1cc(C)ccc1OC)C1CCCS1. The van der Waals surface area contributed by atoms with E-state index < -0.39 is 0 Å². The lowest BCUT2D eigenvalue weighted by Gasteiger charge is -2.24. The van der Waals surface area contributed by atoms with E-state index in [9.17, 15) is 0 Å². The van der Waals surface area contributed by atoms with Crippen LogP contribution < -0.4 is 10.1 Å². The van der Waals surface area contributed by atoms with Crippen LogP contribution in [-0.4, -0.2) is 30.7 Å². The maximum atomic E-state index is 5.51. The molecule has 2 nitrogen and oxygen atoms in total. The number of hydrogen-bond acceptors (Lipinski definition) is 3. The van der Waals surface area contributed by atoms with Crippen LogP contribution in [0, 0.1) is 6.92 Å². The average Bonchev–Trinajstić information content (AvgIpc) is 2.92. The lowest BCUT2D eigenvalue weighted by molar-refractivity contribution is 0.403. The summed E-state index contributed by atoms with van der Waals surface area (Å²) in [4.78, 5) is 0. The third kappa shape index (κ3) is 3.90. The molecule has 0 saturated carbocycles.